The van der Waals surface area contributed by atoms with Crippen molar-refractivity contribution in [3.05, 3.63) is 71.4 Å². The highest BCUT2D eigenvalue weighted by Gasteiger charge is 2.35. The molecule has 4 rings (SSSR count). The molecule has 0 nitrogen and oxygen atoms in total. The molecule has 0 aromatic heterocycles. The monoisotopic (exact) mass is 220 g/mol. The van der Waals surface area contributed by atoms with E-state index in [1.807, 2.05) is 0 Å². The average Bonchev–Trinajstić information content (AvgIpc) is 3.16. The van der Waals surface area contributed by atoms with Crippen LogP contribution in [0.15, 0.2) is 71.4 Å². The molecule has 17 heavy (non-hydrogen) atoms. The molecule has 0 heteroatoms. The van der Waals surface area contributed by atoms with Crippen molar-refractivity contribution in [1.82, 2.24) is 0 Å². The van der Waals surface area contributed by atoms with Gasteiger partial charge in [-0.2, -0.15) is 0 Å². The molecule has 0 aromatic rings. The van der Waals surface area contributed by atoms with Gasteiger partial charge in [-0.05, 0) is 41.4 Å². The van der Waals surface area contributed by atoms with Crippen molar-refractivity contribution < 1.29 is 0 Å². The summed E-state index contributed by atoms with van der Waals surface area (Å²) < 4.78 is 0. The van der Waals surface area contributed by atoms with Crippen LogP contribution in [0.5, 0.6) is 0 Å². The summed E-state index contributed by atoms with van der Waals surface area (Å²) in [7, 11) is 0. The van der Waals surface area contributed by atoms with Crippen LogP contribution < -0.4 is 0 Å². The summed E-state index contributed by atoms with van der Waals surface area (Å²) in [4.78, 5) is 0. The van der Waals surface area contributed by atoms with Crippen molar-refractivity contribution in [2.75, 3.05) is 0 Å². The Morgan fingerprint density at radius 2 is 1.94 bits per heavy atom. The minimum Gasteiger partial charge on any atom is -0.0836 e. The first-order valence-electron chi connectivity index (χ1n) is 6.57. The van der Waals surface area contributed by atoms with Crippen LogP contribution in [-0.2, 0) is 0 Å². The molecule has 0 N–H and O–H groups in total. The molecule has 0 radical (unpaired) electrons. The lowest BCUT2D eigenvalue weighted by molar-refractivity contribution is 0.776. The van der Waals surface area contributed by atoms with Crippen LogP contribution in [0.2, 0.25) is 0 Å². The van der Waals surface area contributed by atoms with Gasteiger partial charge in [-0.15, -0.1) is 0 Å². The fourth-order valence-electron chi connectivity index (χ4n) is 2.99. The van der Waals surface area contributed by atoms with Crippen molar-refractivity contribution in [1.29, 1.82) is 0 Å². The van der Waals surface area contributed by atoms with Crippen molar-refractivity contribution in [3.8, 4) is 0 Å². The quantitative estimate of drug-likeness (QED) is 0.623. The second-order valence-corrected chi connectivity index (χ2v) is 5.44. The fourth-order valence-corrected chi connectivity index (χ4v) is 2.99. The Bertz CT molecular complexity index is 534. The highest BCUT2D eigenvalue weighted by atomic mass is 14.4. The van der Waals surface area contributed by atoms with Crippen molar-refractivity contribution >= 4 is 0 Å². The number of hydrogen-bond donors (Lipinski definition) is 0. The Hall–Kier alpha value is -1.56. The van der Waals surface area contributed by atoms with E-state index in [-0.39, 0.29) is 0 Å². The van der Waals surface area contributed by atoms with Crippen LogP contribution in [0.4, 0.5) is 0 Å². The van der Waals surface area contributed by atoms with E-state index in [9.17, 15) is 0 Å². The molecule has 0 spiro atoms. The Morgan fingerprint density at radius 3 is 2.88 bits per heavy atom. The van der Waals surface area contributed by atoms with Gasteiger partial charge in [0.25, 0.3) is 0 Å². The molecule has 3 atom stereocenters. The standard InChI is InChI=1S/C17H16/c1-2-4-13-9-14(6-5-12(13)3-1)15-7-8-16-11-17(16)10-15/h1-2,4-10,12,16-17H,3,11H2. The van der Waals surface area contributed by atoms with E-state index in [1.165, 1.54) is 23.1 Å². The first-order chi connectivity index (χ1) is 8.40. The second kappa shape index (κ2) is 3.46. The molecule has 4 aliphatic rings. The smallest absolute Gasteiger partial charge is 0.00561 e. The number of rotatable bonds is 1. The molecule has 0 aliphatic heterocycles. The van der Waals surface area contributed by atoms with Gasteiger partial charge >= 0.3 is 0 Å². The largest absolute Gasteiger partial charge is 0.0836 e. The second-order valence-electron chi connectivity index (χ2n) is 5.44. The molecule has 1 fully saturated rings. The summed E-state index contributed by atoms with van der Waals surface area (Å²) in [6.45, 7) is 0. The highest BCUT2D eigenvalue weighted by Crippen LogP contribution is 2.46. The summed E-state index contributed by atoms with van der Waals surface area (Å²) in [5, 5.41) is 0. The molecule has 84 valence electrons. The van der Waals surface area contributed by atoms with Gasteiger partial charge in [-0.3, -0.25) is 0 Å². The SMILES string of the molecule is C1=CCC2C=CC(C3=CC4CC4C=C3)=CC2=C1. The lowest BCUT2D eigenvalue weighted by Crippen LogP contribution is -2.06. The first kappa shape index (κ1) is 9.47. The maximum atomic E-state index is 2.46. The van der Waals surface area contributed by atoms with E-state index in [2.05, 4.69) is 54.7 Å². The molecular weight excluding hydrogens is 204 g/mol. The van der Waals surface area contributed by atoms with E-state index in [0.717, 1.165) is 18.3 Å². The minimum atomic E-state index is 0.616. The van der Waals surface area contributed by atoms with Crippen molar-refractivity contribution in [2.24, 2.45) is 17.8 Å². The van der Waals surface area contributed by atoms with Crippen molar-refractivity contribution in [3.63, 3.8) is 0 Å². The van der Waals surface area contributed by atoms with Crippen LogP contribution in [-0.4, -0.2) is 0 Å². The number of hydrogen-bond acceptors (Lipinski definition) is 0. The molecule has 0 heterocycles. The van der Waals surface area contributed by atoms with E-state index in [1.54, 1.807) is 0 Å². The fraction of sp³-hybridized carbons (Fsp3) is 0.294. The summed E-state index contributed by atoms with van der Waals surface area (Å²) in [5.74, 6) is 2.31. The van der Waals surface area contributed by atoms with Crippen LogP contribution >= 0.6 is 0 Å². The molecular formula is C17H16. The van der Waals surface area contributed by atoms with Gasteiger partial charge in [0.1, 0.15) is 0 Å². The predicted molar refractivity (Wildman–Crippen MR) is 71.4 cm³/mol. The third-order valence-corrected chi connectivity index (χ3v) is 4.21. The number of fused-ring (bicyclic) bond motifs is 2. The van der Waals surface area contributed by atoms with Crippen molar-refractivity contribution in [2.45, 2.75) is 12.8 Å². The zero-order chi connectivity index (χ0) is 11.2. The topological polar surface area (TPSA) is 0 Å². The zero-order valence-corrected chi connectivity index (χ0v) is 9.84. The highest BCUT2D eigenvalue weighted by molar-refractivity contribution is 5.56. The lowest BCUT2D eigenvalue weighted by atomic mass is 9.83. The normalized spacial score (nSPS) is 36.7. The zero-order valence-electron chi connectivity index (χ0n) is 9.84. The predicted octanol–water partition coefficient (Wildman–Crippen LogP) is 4.12. The Labute approximate surface area is 102 Å². The summed E-state index contributed by atoms with van der Waals surface area (Å²) in [6.07, 6.45) is 23.4. The summed E-state index contributed by atoms with van der Waals surface area (Å²) in [5.41, 5.74) is 4.29. The molecule has 1 saturated carbocycles. The van der Waals surface area contributed by atoms with E-state index >= 15 is 0 Å². The summed E-state index contributed by atoms with van der Waals surface area (Å²) in [6, 6.07) is 0. The van der Waals surface area contributed by atoms with E-state index < -0.39 is 0 Å². The average molecular weight is 220 g/mol. The van der Waals surface area contributed by atoms with Gasteiger partial charge in [-0.25, -0.2) is 0 Å². The molecule has 0 saturated heterocycles. The first-order valence-corrected chi connectivity index (χ1v) is 6.57. The Balaban J connectivity index is 1.69. The van der Waals surface area contributed by atoms with Crippen LogP contribution in [0.25, 0.3) is 0 Å². The summed E-state index contributed by atoms with van der Waals surface area (Å²) >= 11 is 0. The van der Waals surface area contributed by atoms with E-state index in [0.29, 0.717) is 5.92 Å². The van der Waals surface area contributed by atoms with E-state index in [4.69, 9.17) is 0 Å². The van der Waals surface area contributed by atoms with Gasteiger partial charge in [0.15, 0.2) is 0 Å². The van der Waals surface area contributed by atoms with Gasteiger partial charge < -0.3 is 0 Å². The lowest BCUT2D eigenvalue weighted by Gasteiger charge is -2.21. The Kier molecular flexibility index (Phi) is 1.93. The molecule has 0 bridgehead atoms. The molecule has 3 unspecified atom stereocenters. The number of allylic oxidation sites excluding steroid dienone is 12. The molecule has 0 aromatic carbocycles. The Morgan fingerprint density at radius 1 is 1.00 bits per heavy atom. The van der Waals surface area contributed by atoms with Gasteiger partial charge in [-0.1, -0.05) is 54.7 Å². The third-order valence-electron chi connectivity index (χ3n) is 4.21. The minimum absolute atomic E-state index is 0.616. The van der Waals surface area contributed by atoms with Gasteiger partial charge in [0.05, 0.1) is 0 Å². The van der Waals surface area contributed by atoms with Gasteiger partial charge in [0, 0.05) is 5.92 Å². The maximum Gasteiger partial charge on any atom is 0.00561 e. The van der Waals surface area contributed by atoms with Crippen LogP contribution in [0, 0.1) is 17.8 Å². The van der Waals surface area contributed by atoms with Crippen LogP contribution in [0.3, 0.4) is 0 Å². The maximum absolute atomic E-state index is 2.46. The van der Waals surface area contributed by atoms with Crippen LogP contribution in [0.1, 0.15) is 12.8 Å². The molecule has 4 aliphatic carbocycles. The third kappa shape index (κ3) is 1.59. The molecule has 0 amide bonds. The van der Waals surface area contributed by atoms with Gasteiger partial charge in [0.2, 0.25) is 0 Å².